The van der Waals surface area contributed by atoms with Crippen molar-refractivity contribution >= 4 is 11.8 Å². The number of amides is 2. The van der Waals surface area contributed by atoms with Crippen LogP contribution in [0.1, 0.15) is 49.3 Å². The van der Waals surface area contributed by atoms with E-state index < -0.39 is 6.04 Å². The summed E-state index contributed by atoms with van der Waals surface area (Å²) < 4.78 is 16.7. The van der Waals surface area contributed by atoms with Gasteiger partial charge in [-0.2, -0.15) is 0 Å². The van der Waals surface area contributed by atoms with Crippen molar-refractivity contribution < 1.29 is 28.1 Å². The van der Waals surface area contributed by atoms with Crippen LogP contribution in [0.2, 0.25) is 0 Å². The molecule has 0 spiro atoms. The largest absolute Gasteiger partial charge is 0.467 e. The third-order valence-electron chi connectivity index (χ3n) is 5.53. The molecule has 3 heterocycles. The number of hydrogen-bond acceptors (Lipinski definition) is 5. The third kappa shape index (κ3) is 6.70. The molecule has 1 saturated heterocycles. The van der Waals surface area contributed by atoms with Crippen LogP contribution >= 0.6 is 0 Å². The van der Waals surface area contributed by atoms with Crippen LogP contribution in [0, 0.1) is 5.92 Å². The van der Waals surface area contributed by atoms with Gasteiger partial charge in [0.1, 0.15) is 31.4 Å². The standard InChI is InChI=1S/C23H33N3O5/c1-17(2)8-9-24-22(27)18(3)26(16-19-5-4-12-30-19)23(28)21-7-6-20(31-21)15-25-10-13-29-14-11-25/h4-7,12,17-18H,8-11,13-16H2,1-3H3,(H,24,27)/p+1/t18-/m1/s1. The van der Waals surface area contributed by atoms with Crippen molar-refractivity contribution in [3.63, 3.8) is 0 Å². The predicted molar refractivity (Wildman–Crippen MR) is 114 cm³/mol. The van der Waals surface area contributed by atoms with Gasteiger partial charge in [-0.05, 0) is 43.5 Å². The summed E-state index contributed by atoms with van der Waals surface area (Å²) in [5, 5.41) is 2.93. The molecular formula is C23H34N3O5+. The average molecular weight is 433 g/mol. The van der Waals surface area contributed by atoms with Crippen LogP contribution in [0.15, 0.2) is 39.4 Å². The zero-order valence-electron chi connectivity index (χ0n) is 18.7. The molecule has 0 saturated carbocycles. The van der Waals surface area contributed by atoms with Gasteiger partial charge < -0.3 is 28.7 Å². The molecule has 31 heavy (non-hydrogen) atoms. The Labute approximate surface area is 183 Å². The molecule has 8 heteroatoms. The van der Waals surface area contributed by atoms with Gasteiger partial charge in [0.2, 0.25) is 5.91 Å². The van der Waals surface area contributed by atoms with E-state index in [4.69, 9.17) is 13.6 Å². The van der Waals surface area contributed by atoms with Gasteiger partial charge in [-0.3, -0.25) is 9.59 Å². The monoisotopic (exact) mass is 432 g/mol. The number of hydrogen-bond donors (Lipinski definition) is 2. The lowest BCUT2D eigenvalue weighted by atomic mass is 10.1. The number of quaternary nitrogens is 1. The highest BCUT2D eigenvalue weighted by Crippen LogP contribution is 2.16. The van der Waals surface area contributed by atoms with Crippen molar-refractivity contribution in [2.24, 2.45) is 5.92 Å². The Morgan fingerprint density at radius 2 is 1.90 bits per heavy atom. The second-order valence-electron chi connectivity index (χ2n) is 8.47. The summed E-state index contributed by atoms with van der Waals surface area (Å²) in [5.74, 6) is 1.57. The van der Waals surface area contributed by atoms with Crippen LogP contribution in [-0.2, 0) is 22.6 Å². The molecule has 0 unspecified atom stereocenters. The molecule has 0 radical (unpaired) electrons. The lowest BCUT2D eigenvalue weighted by molar-refractivity contribution is -0.922. The molecule has 2 amide bonds. The van der Waals surface area contributed by atoms with E-state index >= 15 is 0 Å². The van der Waals surface area contributed by atoms with Gasteiger partial charge in [-0.15, -0.1) is 0 Å². The Hall–Kier alpha value is -2.58. The minimum absolute atomic E-state index is 0.190. The Bertz CT molecular complexity index is 824. The summed E-state index contributed by atoms with van der Waals surface area (Å²) in [6, 6.07) is 6.42. The van der Waals surface area contributed by atoms with Crippen LogP contribution in [-0.4, -0.2) is 55.6 Å². The predicted octanol–water partition coefficient (Wildman–Crippen LogP) is 1.48. The van der Waals surface area contributed by atoms with E-state index in [9.17, 15) is 9.59 Å². The normalized spacial score (nSPS) is 15.7. The molecule has 0 bridgehead atoms. The SMILES string of the molecule is CC(C)CCNC(=O)[C@@H](C)N(Cc1ccco1)C(=O)c1ccc(C[NH+]2CCOCC2)o1. The maximum Gasteiger partial charge on any atom is 0.290 e. The molecule has 8 nitrogen and oxygen atoms in total. The van der Waals surface area contributed by atoms with E-state index in [0.29, 0.717) is 24.8 Å². The van der Waals surface area contributed by atoms with E-state index in [2.05, 4.69) is 19.2 Å². The topological polar surface area (TPSA) is 89.4 Å². The van der Waals surface area contributed by atoms with E-state index in [1.807, 2.05) is 6.07 Å². The highest BCUT2D eigenvalue weighted by atomic mass is 16.5. The fourth-order valence-corrected chi connectivity index (χ4v) is 3.54. The van der Waals surface area contributed by atoms with Gasteiger partial charge in [0.05, 0.1) is 26.0 Å². The van der Waals surface area contributed by atoms with Crippen molar-refractivity contribution in [1.82, 2.24) is 10.2 Å². The number of furan rings is 2. The van der Waals surface area contributed by atoms with E-state index in [-0.39, 0.29) is 24.1 Å². The molecule has 0 aliphatic carbocycles. The van der Waals surface area contributed by atoms with E-state index in [1.54, 1.807) is 31.4 Å². The van der Waals surface area contributed by atoms with Gasteiger partial charge in [0.25, 0.3) is 5.91 Å². The zero-order valence-corrected chi connectivity index (χ0v) is 18.7. The van der Waals surface area contributed by atoms with Crippen LogP contribution < -0.4 is 10.2 Å². The number of nitrogens with one attached hydrogen (secondary N) is 2. The molecule has 2 N–H and O–H groups in total. The summed E-state index contributed by atoms with van der Waals surface area (Å²) >= 11 is 0. The van der Waals surface area contributed by atoms with Crippen LogP contribution in [0.3, 0.4) is 0 Å². The molecule has 1 atom stereocenters. The first kappa shape index (κ1) is 23.1. The Balaban J connectivity index is 1.69. The quantitative estimate of drug-likeness (QED) is 0.594. The molecule has 1 aliphatic rings. The summed E-state index contributed by atoms with van der Waals surface area (Å²) in [5.41, 5.74) is 0. The second-order valence-corrected chi connectivity index (χ2v) is 8.47. The molecule has 2 aromatic rings. The summed E-state index contributed by atoms with van der Waals surface area (Å²) in [7, 11) is 0. The lowest BCUT2D eigenvalue weighted by Gasteiger charge is -2.27. The van der Waals surface area contributed by atoms with Crippen molar-refractivity contribution in [3.8, 4) is 0 Å². The fraction of sp³-hybridized carbons (Fsp3) is 0.565. The van der Waals surface area contributed by atoms with E-state index in [0.717, 1.165) is 38.5 Å². The molecule has 2 aromatic heterocycles. The van der Waals surface area contributed by atoms with Crippen LogP contribution in [0.25, 0.3) is 0 Å². The Morgan fingerprint density at radius 3 is 2.58 bits per heavy atom. The first-order valence-electron chi connectivity index (χ1n) is 11.0. The zero-order chi connectivity index (χ0) is 22.2. The Kier molecular flexibility index (Phi) is 8.31. The van der Waals surface area contributed by atoms with Crippen molar-refractivity contribution in [2.45, 2.75) is 46.3 Å². The summed E-state index contributed by atoms with van der Waals surface area (Å²) in [6.07, 6.45) is 2.44. The molecule has 1 aliphatic heterocycles. The Morgan fingerprint density at radius 1 is 1.13 bits per heavy atom. The highest BCUT2D eigenvalue weighted by molar-refractivity contribution is 5.95. The number of carbonyl (C=O) groups excluding carboxylic acids is 2. The van der Waals surface area contributed by atoms with Gasteiger partial charge in [-0.1, -0.05) is 13.8 Å². The summed E-state index contributed by atoms with van der Waals surface area (Å²) in [6.45, 7) is 10.7. The van der Waals surface area contributed by atoms with Crippen molar-refractivity contribution in [3.05, 3.63) is 47.8 Å². The smallest absolute Gasteiger partial charge is 0.290 e. The summed E-state index contributed by atoms with van der Waals surface area (Å²) in [4.78, 5) is 28.9. The third-order valence-corrected chi connectivity index (χ3v) is 5.53. The van der Waals surface area contributed by atoms with E-state index in [1.165, 1.54) is 9.80 Å². The maximum atomic E-state index is 13.3. The average Bonchev–Trinajstić information content (AvgIpc) is 3.43. The molecule has 170 valence electrons. The number of ether oxygens (including phenoxy) is 1. The molecule has 3 rings (SSSR count). The first-order valence-corrected chi connectivity index (χ1v) is 11.0. The number of nitrogens with zero attached hydrogens (tertiary/aromatic N) is 1. The van der Waals surface area contributed by atoms with Crippen molar-refractivity contribution in [2.75, 3.05) is 32.8 Å². The van der Waals surface area contributed by atoms with Crippen LogP contribution in [0.5, 0.6) is 0 Å². The number of carbonyl (C=O) groups is 2. The number of rotatable bonds is 10. The fourth-order valence-electron chi connectivity index (χ4n) is 3.54. The highest BCUT2D eigenvalue weighted by Gasteiger charge is 2.30. The van der Waals surface area contributed by atoms with Gasteiger partial charge in [-0.25, -0.2) is 0 Å². The van der Waals surface area contributed by atoms with Crippen molar-refractivity contribution in [1.29, 1.82) is 0 Å². The number of morpholine rings is 1. The maximum absolute atomic E-state index is 13.3. The molecular weight excluding hydrogens is 398 g/mol. The minimum atomic E-state index is -0.664. The second kappa shape index (κ2) is 11.2. The van der Waals surface area contributed by atoms with Gasteiger partial charge in [0.15, 0.2) is 11.5 Å². The van der Waals surface area contributed by atoms with Gasteiger partial charge in [0, 0.05) is 6.54 Å². The molecule has 0 aromatic carbocycles. The lowest BCUT2D eigenvalue weighted by Crippen LogP contribution is -3.12. The molecule has 1 fully saturated rings. The first-order chi connectivity index (χ1) is 14.9. The van der Waals surface area contributed by atoms with Crippen LogP contribution in [0.4, 0.5) is 0 Å². The van der Waals surface area contributed by atoms with Gasteiger partial charge >= 0.3 is 0 Å². The minimum Gasteiger partial charge on any atom is -0.467 e.